The van der Waals surface area contributed by atoms with Crippen molar-refractivity contribution in [2.45, 2.75) is 45.1 Å². The molecule has 3 heteroatoms. The molecule has 3 atom stereocenters. The summed E-state index contributed by atoms with van der Waals surface area (Å²) < 4.78 is 6.34. The van der Waals surface area contributed by atoms with E-state index in [-0.39, 0.29) is 11.9 Å². The lowest BCUT2D eigenvalue weighted by Gasteiger charge is -2.50. The maximum atomic E-state index is 12.0. The van der Waals surface area contributed by atoms with Crippen LogP contribution in [-0.2, 0) is 9.53 Å². The Hall–Kier alpha value is -0.570. The summed E-state index contributed by atoms with van der Waals surface area (Å²) in [4.78, 5) is 12.0. The lowest BCUT2D eigenvalue weighted by molar-refractivity contribution is -0.945. The molecule has 0 aliphatic carbocycles. The largest absolute Gasteiger partial charge is 0.466 e. The first-order valence-corrected chi connectivity index (χ1v) is 6.68. The maximum Gasteiger partial charge on any atom is 0.314 e. The van der Waals surface area contributed by atoms with Gasteiger partial charge in [-0.15, -0.1) is 0 Å². The molecule has 0 bridgehead atoms. The minimum Gasteiger partial charge on any atom is -0.466 e. The molecule has 0 aromatic heterocycles. The molecule has 16 heavy (non-hydrogen) atoms. The first-order chi connectivity index (χ1) is 7.67. The van der Waals surface area contributed by atoms with E-state index in [4.69, 9.17) is 4.74 Å². The van der Waals surface area contributed by atoms with Crippen LogP contribution >= 0.6 is 0 Å². The topological polar surface area (TPSA) is 26.3 Å². The highest BCUT2D eigenvalue weighted by Gasteiger charge is 2.46. The Morgan fingerprint density at radius 1 is 1.25 bits per heavy atom. The summed E-state index contributed by atoms with van der Waals surface area (Å²) in [7, 11) is 2.33. The van der Waals surface area contributed by atoms with Crippen LogP contribution in [0.2, 0.25) is 0 Å². The van der Waals surface area contributed by atoms with Crippen LogP contribution in [0.25, 0.3) is 0 Å². The molecule has 3 nitrogen and oxygen atoms in total. The van der Waals surface area contributed by atoms with E-state index in [2.05, 4.69) is 7.05 Å². The quantitative estimate of drug-likeness (QED) is 0.531. The van der Waals surface area contributed by atoms with Crippen molar-refractivity contribution in [3.05, 3.63) is 0 Å². The highest BCUT2D eigenvalue weighted by atomic mass is 16.5. The average molecular weight is 226 g/mol. The third kappa shape index (κ3) is 2.10. The number of fused-ring (bicyclic) bond motifs is 1. The SMILES string of the molecule is CCOC(=O)C1CCC[N+]2(C)CCCCC12. The van der Waals surface area contributed by atoms with Crippen LogP contribution in [0.5, 0.6) is 0 Å². The van der Waals surface area contributed by atoms with Crippen LogP contribution in [-0.4, -0.2) is 43.2 Å². The Bertz CT molecular complexity index is 263. The van der Waals surface area contributed by atoms with Crippen molar-refractivity contribution in [2.75, 3.05) is 26.7 Å². The highest BCUT2D eigenvalue weighted by molar-refractivity contribution is 5.73. The van der Waals surface area contributed by atoms with Crippen LogP contribution in [0.15, 0.2) is 0 Å². The van der Waals surface area contributed by atoms with E-state index in [1.165, 1.54) is 38.8 Å². The van der Waals surface area contributed by atoms with Crippen molar-refractivity contribution in [1.29, 1.82) is 0 Å². The molecule has 0 aromatic carbocycles. The number of carbonyl (C=O) groups is 1. The number of hydrogen-bond acceptors (Lipinski definition) is 2. The molecule has 0 radical (unpaired) electrons. The van der Waals surface area contributed by atoms with Crippen molar-refractivity contribution in [3.8, 4) is 0 Å². The normalized spacial score (nSPS) is 38.9. The van der Waals surface area contributed by atoms with Gasteiger partial charge in [-0.2, -0.15) is 0 Å². The Kier molecular flexibility index (Phi) is 3.53. The van der Waals surface area contributed by atoms with E-state index in [1.807, 2.05) is 6.92 Å². The van der Waals surface area contributed by atoms with E-state index in [1.54, 1.807) is 0 Å². The Labute approximate surface area is 98.4 Å². The van der Waals surface area contributed by atoms with Crippen LogP contribution in [0.1, 0.15) is 39.0 Å². The predicted molar refractivity (Wildman–Crippen MR) is 62.9 cm³/mol. The fourth-order valence-corrected chi connectivity index (χ4v) is 3.61. The second kappa shape index (κ2) is 4.74. The lowest BCUT2D eigenvalue weighted by Crippen LogP contribution is -2.62. The van der Waals surface area contributed by atoms with Crippen molar-refractivity contribution in [1.82, 2.24) is 0 Å². The van der Waals surface area contributed by atoms with Crippen LogP contribution < -0.4 is 0 Å². The third-order valence-electron chi connectivity index (χ3n) is 4.46. The summed E-state index contributed by atoms with van der Waals surface area (Å²) in [5.74, 6) is 0.220. The zero-order valence-corrected chi connectivity index (χ0v) is 10.6. The van der Waals surface area contributed by atoms with E-state index >= 15 is 0 Å². The summed E-state index contributed by atoms with van der Waals surface area (Å²) in [6.45, 7) is 4.92. The summed E-state index contributed by atoms with van der Waals surface area (Å²) in [5, 5.41) is 0. The summed E-state index contributed by atoms with van der Waals surface area (Å²) in [6, 6.07) is 0.529. The second-order valence-corrected chi connectivity index (χ2v) is 5.49. The van der Waals surface area contributed by atoms with Gasteiger partial charge in [0.05, 0.1) is 26.7 Å². The Balaban J connectivity index is 2.10. The number of piperidine rings is 2. The summed E-state index contributed by atoms with van der Waals surface area (Å²) in [6.07, 6.45) is 6.03. The average Bonchev–Trinajstić information content (AvgIpc) is 2.27. The van der Waals surface area contributed by atoms with E-state index in [9.17, 15) is 4.79 Å². The molecule has 2 heterocycles. The molecular weight excluding hydrogens is 202 g/mol. The minimum atomic E-state index is 0.0541. The first kappa shape index (κ1) is 11.9. The zero-order valence-electron chi connectivity index (χ0n) is 10.6. The van der Waals surface area contributed by atoms with E-state index in [0.717, 1.165) is 10.9 Å². The van der Waals surface area contributed by atoms with Gasteiger partial charge < -0.3 is 9.22 Å². The van der Waals surface area contributed by atoms with Gasteiger partial charge in [-0.05, 0) is 32.6 Å². The molecule has 0 N–H and O–H groups in total. The fourth-order valence-electron chi connectivity index (χ4n) is 3.61. The van der Waals surface area contributed by atoms with Gasteiger partial charge in [0.25, 0.3) is 0 Å². The number of nitrogens with zero attached hydrogens (tertiary/aromatic N) is 1. The van der Waals surface area contributed by atoms with Gasteiger partial charge in [0.1, 0.15) is 12.0 Å². The van der Waals surface area contributed by atoms with Gasteiger partial charge in [-0.1, -0.05) is 0 Å². The fraction of sp³-hybridized carbons (Fsp3) is 0.923. The van der Waals surface area contributed by atoms with Gasteiger partial charge in [-0.25, -0.2) is 0 Å². The number of carbonyl (C=O) groups excluding carboxylic acids is 1. The molecule has 0 spiro atoms. The lowest BCUT2D eigenvalue weighted by atomic mass is 9.81. The Morgan fingerprint density at radius 3 is 2.75 bits per heavy atom. The summed E-state index contributed by atoms with van der Waals surface area (Å²) >= 11 is 0. The van der Waals surface area contributed by atoms with Gasteiger partial charge in [-0.3, -0.25) is 4.79 Å². The Morgan fingerprint density at radius 2 is 2.00 bits per heavy atom. The first-order valence-electron chi connectivity index (χ1n) is 6.68. The van der Waals surface area contributed by atoms with Crippen LogP contribution in [0, 0.1) is 5.92 Å². The molecular formula is C13H24NO2+. The molecule has 2 saturated heterocycles. The molecule has 0 saturated carbocycles. The molecule has 0 aromatic rings. The number of hydrogen-bond donors (Lipinski definition) is 0. The van der Waals surface area contributed by atoms with E-state index < -0.39 is 0 Å². The van der Waals surface area contributed by atoms with Crippen molar-refractivity contribution in [3.63, 3.8) is 0 Å². The van der Waals surface area contributed by atoms with Crippen molar-refractivity contribution >= 4 is 5.97 Å². The van der Waals surface area contributed by atoms with Crippen molar-refractivity contribution < 1.29 is 14.0 Å². The highest BCUT2D eigenvalue weighted by Crippen LogP contribution is 2.36. The second-order valence-electron chi connectivity index (χ2n) is 5.49. The number of esters is 1. The number of ether oxygens (including phenoxy) is 1. The standard InChI is InChI=1S/C13H24NO2/c1-3-16-13(15)11-7-6-10-14(2)9-5-4-8-12(11)14/h11-12H,3-10H2,1-2H3/q+1. The van der Waals surface area contributed by atoms with Gasteiger partial charge in [0.2, 0.25) is 0 Å². The molecule has 2 aliphatic rings. The van der Waals surface area contributed by atoms with Crippen molar-refractivity contribution in [2.24, 2.45) is 5.92 Å². The predicted octanol–water partition coefficient (Wildman–Crippen LogP) is 1.96. The smallest absolute Gasteiger partial charge is 0.314 e. The van der Waals surface area contributed by atoms with Gasteiger partial charge in [0.15, 0.2) is 0 Å². The van der Waals surface area contributed by atoms with Gasteiger partial charge >= 0.3 is 5.97 Å². The molecule has 2 fully saturated rings. The van der Waals surface area contributed by atoms with Gasteiger partial charge in [0, 0.05) is 6.42 Å². The van der Waals surface area contributed by atoms with Crippen LogP contribution in [0.4, 0.5) is 0 Å². The minimum absolute atomic E-state index is 0.0541. The molecule has 3 unspecified atom stereocenters. The van der Waals surface area contributed by atoms with E-state index in [0.29, 0.717) is 12.6 Å². The zero-order chi connectivity index (χ0) is 11.6. The van der Waals surface area contributed by atoms with Crippen LogP contribution in [0.3, 0.4) is 0 Å². The molecule has 2 aliphatic heterocycles. The number of quaternary nitrogens is 1. The third-order valence-corrected chi connectivity index (χ3v) is 4.46. The summed E-state index contributed by atoms with van der Waals surface area (Å²) in [5.41, 5.74) is 0. The number of rotatable bonds is 2. The maximum absolute atomic E-state index is 12.0. The molecule has 0 amide bonds. The molecule has 2 rings (SSSR count). The molecule has 92 valence electrons. The monoisotopic (exact) mass is 226 g/mol.